The molecule has 0 saturated heterocycles. The molecular formula is C18H15FN2O. The fraction of sp³-hybridized carbons (Fsp3) is 0.111. The number of anilines is 1. The van der Waals surface area contributed by atoms with E-state index in [-0.39, 0.29) is 18.0 Å². The number of para-hydroxylation sites is 1. The molecule has 0 spiro atoms. The summed E-state index contributed by atoms with van der Waals surface area (Å²) in [4.78, 5) is 16.5. The minimum absolute atomic E-state index is 0.154. The van der Waals surface area contributed by atoms with E-state index in [1.54, 1.807) is 25.3 Å². The summed E-state index contributed by atoms with van der Waals surface area (Å²) in [6.45, 7) is 1.80. The number of nitrogens with zero attached hydrogens (tertiary/aromatic N) is 1. The molecular weight excluding hydrogens is 279 g/mol. The van der Waals surface area contributed by atoms with Crippen molar-refractivity contribution in [3.63, 3.8) is 0 Å². The Kier molecular flexibility index (Phi) is 3.83. The zero-order valence-electron chi connectivity index (χ0n) is 12.1. The topological polar surface area (TPSA) is 42.0 Å². The quantitative estimate of drug-likeness (QED) is 0.797. The number of pyridine rings is 1. The van der Waals surface area contributed by atoms with Gasteiger partial charge >= 0.3 is 0 Å². The van der Waals surface area contributed by atoms with Crippen molar-refractivity contribution in [3.8, 4) is 0 Å². The first kappa shape index (κ1) is 14.2. The lowest BCUT2D eigenvalue weighted by molar-refractivity contribution is -0.115. The number of nitrogens with one attached hydrogen (secondary N) is 1. The molecule has 0 radical (unpaired) electrons. The third-order valence-electron chi connectivity index (χ3n) is 3.47. The van der Waals surface area contributed by atoms with Crippen LogP contribution in [-0.2, 0) is 11.2 Å². The maximum Gasteiger partial charge on any atom is 0.228 e. The molecule has 0 unspecified atom stereocenters. The van der Waals surface area contributed by atoms with Crippen LogP contribution in [0.3, 0.4) is 0 Å². The Bertz CT molecular complexity index is 840. The number of aromatic nitrogens is 1. The van der Waals surface area contributed by atoms with Crippen LogP contribution in [-0.4, -0.2) is 10.9 Å². The van der Waals surface area contributed by atoms with Gasteiger partial charge < -0.3 is 5.32 Å². The number of rotatable bonds is 3. The average molecular weight is 294 g/mol. The fourth-order valence-electron chi connectivity index (χ4n) is 2.40. The molecule has 1 N–H and O–H groups in total. The summed E-state index contributed by atoms with van der Waals surface area (Å²) < 4.78 is 13.8. The Morgan fingerprint density at radius 1 is 1.18 bits per heavy atom. The molecule has 0 saturated carbocycles. The van der Waals surface area contributed by atoms with Crippen molar-refractivity contribution in [3.05, 3.63) is 71.7 Å². The van der Waals surface area contributed by atoms with Crippen molar-refractivity contribution in [1.82, 2.24) is 4.98 Å². The van der Waals surface area contributed by atoms with Crippen molar-refractivity contribution in [2.45, 2.75) is 13.3 Å². The molecule has 22 heavy (non-hydrogen) atoms. The predicted octanol–water partition coefficient (Wildman–Crippen LogP) is 3.86. The van der Waals surface area contributed by atoms with Crippen LogP contribution in [0.5, 0.6) is 0 Å². The molecule has 0 aliphatic rings. The zero-order valence-corrected chi connectivity index (χ0v) is 12.1. The number of halogens is 1. The van der Waals surface area contributed by atoms with E-state index in [9.17, 15) is 9.18 Å². The number of fused-ring (bicyclic) bond motifs is 1. The van der Waals surface area contributed by atoms with Crippen molar-refractivity contribution in [2.24, 2.45) is 0 Å². The highest BCUT2D eigenvalue weighted by molar-refractivity contribution is 5.95. The second-order valence-corrected chi connectivity index (χ2v) is 5.20. The number of amides is 1. The third-order valence-corrected chi connectivity index (χ3v) is 3.47. The van der Waals surface area contributed by atoms with Gasteiger partial charge in [0.2, 0.25) is 5.91 Å². The lowest BCUT2D eigenvalue weighted by Gasteiger charge is -2.08. The van der Waals surface area contributed by atoms with Crippen molar-refractivity contribution < 1.29 is 9.18 Å². The van der Waals surface area contributed by atoms with E-state index in [4.69, 9.17) is 0 Å². The molecule has 0 fully saturated rings. The van der Waals surface area contributed by atoms with Gasteiger partial charge in [0.1, 0.15) is 5.82 Å². The van der Waals surface area contributed by atoms with Gasteiger partial charge in [0, 0.05) is 11.6 Å². The molecule has 0 atom stereocenters. The van der Waals surface area contributed by atoms with E-state index in [0.717, 1.165) is 22.0 Å². The molecule has 0 aliphatic carbocycles. The fourth-order valence-corrected chi connectivity index (χ4v) is 2.40. The van der Waals surface area contributed by atoms with Crippen molar-refractivity contribution in [1.29, 1.82) is 0 Å². The molecule has 1 heterocycles. The maximum absolute atomic E-state index is 13.8. The summed E-state index contributed by atoms with van der Waals surface area (Å²) in [5.74, 6) is -0.690. The van der Waals surface area contributed by atoms with Crippen LogP contribution in [0.15, 0.2) is 54.7 Å². The molecule has 110 valence electrons. The van der Waals surface area contributed by atoms with Crippen LogP contribution in [0.1, 0.15) is 11.1 Å². The van der Waals surface area contributed by atoms with E-state index in [1.165, 1.54) is 6.07 Å². The Hall–Kier alpha value is -2.75. The standard InChI is InChI=1S/C18H15FN2O/c1-12-7-8-16(15(19)10-12)21-17(22)11-14-5-2-4-13-6-3-9-20-18(13)14/h2-10H,11H2,1H3,(H,21,22). The van der Waals surface area contributed by atoms with Crippen molar-refractivity contribution in [2.75, 3.05) is 5.32 Å². The largest absolute Gasteiger partial charge is 0.323 e. The predicted molar refractivity (Wildman–Crippen MR) is 85.2 cm³/mol. The minimum Gasteiger partial charge on any atom is -0.323 e. The molecule has 3 nitrogen and oxygen atoms in total. The monoisotopic (exact) mass is 294 g/mol. The summed E-state index contributed by atoms with van der Waals surface area (Å²) in [5.41, 5.74) is 2.63. The van der Waals surface area contributed by atoms with Crippen LogP contribution in [0.25, 0.3) is 10.9 Å². The molecule has 0 bridgehead atoms. The number of hydrogen-bond donors (Lipinski definition) is 1. The van der Waals surface area contributed by atoms with Gasteiger partial charge in [-0.1, -0.05) is 30.3 Å². The highest BCUT2D eigenvalue weighted by Crippen LogP contribution is 2.18. The normalized spacial score (nSPS) is 10.6. The summed E-state index contributed by atoms with van der Waals surface area (Å²) in [6.07, 6.45) is 1.85. The number of carbonyl (C=O) groups is 1. The molecule has 4 heteroatoms. The maximum atomic E-state index is 13.8. The van der Waals surface area contributed by atoms with E-state index in [1.807, 2.05) is 30.3 Å². The van der Waals surface area contributed by atoms with Crippen LogP contribution < -0.4 is 5.32 Å². The van der Waals surface area contributed by atoms with Gasteiger partial charge in [-0.25, -0.2) is 4.39 Å². The summed E-state index contributed by atoms with van der Waals surface area (Å²) in [7, 11) is 0. The molecule has 1 aromatic heterocycles. The molecule has 3 rings (SSSR count). The number of aryl methyl sites for hydroxylation is 1. The van der Waals surface area contributed by atoms with Gasteiger partial charge in [-0.15, -0.1) is 0 Å². The van der Waals surface area contributed by atoms with Crippen LogP contribution >= 0.6 is 0 Å². The van der Waals surface area contributed by atoms with Gasteiger partial charge in [0.15, 0.2) is 0 Å². The van der Waals surface area contributed by atoms with E-state index < -0.39 is 5.82 Å². The van der Waals surface area contributed by atoms with Gasteiger partial charge in [-0.3, -0.25) is 9.78 Å². The number of hydrogen-bond acceptors (Lipinski definition) is 2. The molecule has 3 aromatic rings. The lowest BCUT2D eigenvalue weighted by atomic mass is 10.1. The minimum atomic E-state index is -0.426. The number of benzene rings is 2. The first-order valence-corrected chi connectivity index (χ1v) is 7.02. The van der Waals surface area contributed by atoms with E-state index in [0.29, 0.717) is 0 Å². The smallest absolute Gasteiger partial charge is 0.228 e. The summed E-state index contributed by atoms with van der Waals surface area (Å²) in [5, 5.41) is 3.59. The highest BCUT2D eigenvalue weighted by Gasteiger charge is 2.10. The lowest BCUT2D eigenvalue weighted by Crippen LogP contribution is -2.15. The molecule has 1 amide bonds. The molecule has 2 aromatic carbocycles. The van der Waals surface area contributed by atoms with Gasteiger partial charge in [-0.05, 0) is 36.2 Å². The van der Waals surface area contributed by atoms with Crippen molar-refractivity contribution >= 4 is 22.5 Å². The summed E-state index contributed by atoms with van der Waals surface area (Å²) >= 11 is 0. The van der Waals surface area contributed by atoms with Gasteiger partial charge in [0.25, 0.3) is 0 Å². The van der Waals surface area contributed by atoms with Crippen LogP contribution in [0.2, 0.25) is 0 Å². The Morgan fingerprint density at radius 2 is 2.00 bits per heavy atom. The Morgan fingerprint density at radius 3 is 2.82 bits per heavy atom. The average Bonchev–Trinajstić information content (AvgIpc) is 2.50. The SMILES string of the molecule is Cc1ccc(NC(=O)Cc2cccc3cccnc23)c(F)c1. The molecule has 0 aliphatic heterocycles. The van der Waals surface area contributed by atoms with Crippen LogP contribution in [0.4, 0.5) is 10.1 Å². The number of carbonyl (C=O) groups excluding carboxylic acids is 1. The highest BCUT2D eigenvalue weighted by atomic mass is 19.1. The second-order valence-electron chi connectivity index (χ2n) is 5.20. The zero-order chi connectivity index (χ0) is 15.5. The third kappa shape index (κ3) is 2.96. The van der Waals surface area contributed by atoms with E-state index in [2.05, 4.69) is 10.3 Å². The Labute approximate surface area is 127 Å². The van der Waals surface area contributed by atoms with Gasteiger partial charge in [-0.2, -0.15) is 0 Å². The van der Waals surface area contributed by atoms with E-state index >= 15 is 0 Å². The first-order chi connectivity index (χ1) is 10.6. The first-order valence-electron chi connectivity index (χ1n) is 7.02. The summed E-state index contributed by atoms with van der Waals surface area (Å²) in [6, 6.07) is 14.2. The van der Waals surface area contributed by atoms with Crippen LogP contribution in [0, 0.1) is 12.7 Å². The van der Waals surface area contributed by atoms with Gasteiger partial charge in [0.05, 0.1) is 17.6 Å². The Balaban J connectivity index is 1.81. The second kappa shape index (κ2) is 5.93.